The molecule has 1 aromatic rings. The first-order chi connectivity index (χ1) is 9.85. The first kappa shape index (κ1) is 16.6. The standard InChI is InChI=1S/C14H15FN2O4/c15-11-6-8(1-2-10(11)7-16)5-9(13(18)19)3-4-12(17)14(20)21/h1-2,6,9,12H,3-5,17H2,(H,18,19)(H,20,21)/t9?,12-/m0/s1/i15-1. The van der Waals surface area contributed by atoms with E-state index in [-0.39, 0.29) is 24.8 Å². The molecule has 21 heavy (non-hydrogen) atoms. The van der Waals surface area contributed by atoms with Gasteiger partial charge in [-0.15, -0.1) is 0 Å². The number of benzene rings is 1. The Kier molecular flexibility index (Phi) is 5.81. The van der Waals surface area contributed by atoms with E-state index in [9.17, 15) is 14.0 Å². The Morgan fingerprint density at radius 1 is 1.29 bits per heavy atom. The second-order valence-corrected chi connectivity index (χ2v) is 4.69. The minimum absolute atomic E-state index is 0.0189. The van der Waals surface area contributed by atoms with E-state index in [1.54, 1.807) is 6.07 Å². The number of hydrogen-bond acceptors (Lipinski definition) is 4. The number of carbonyl (C=O) groups is 2. The number of halogens is 1. The van der Waals surface area contributed by atoms with Crippen LogP contribution in [0.15, 0.2) is 18.2 Å². The second kappa shape index (κ2) is 7.36. The maximum atomic E-state index is 13.5. The van der Waals surface area contributed by atoms with Gasteiger partial charge < -0.3 is 15.9 Å². The van der Waals surface area contributed by atoms with Crippen LogP contribution in [0.1, 0.15) is 24.0 Å². The maximum absolute atomic E-state index is 13.5. The zero-order valence-corrected chi connectivity index (χ0v) is 11.1. The monoisotopic (exact) mass is 293 g/mol. The molecule has 0 radical (unpaired) electrons. The zero-order chi connectivity index (χ0) is 16.0. The van der Waals surface area contributed by atoms with Gasteiger partial charge in [-0.1, -0.05) is 6.07 Å². The highest BCUT2D eigenvalue weighted by molar-refractivity contribution is 5.73. The molecule has 1 aromatic carbocycles. The summed E-state index contributed by atoms with van der Waals surface area (Å²) in [6.07, 6.45) is 0.139. The van der Waals surface area contributed by atoms with E-state index in [0.29, 0.717) is 5.56 Å². The molecule has 0 bridgehead atoms. The lowest BCUT2D eigenvalue weighted by Gasteiger charge is -2.14. The minimum atomic E-state index is -1.19. The summed E-state index contributed by atoms with van der Waals surface area (Å²) in [5.41, 5.74) is 5.65. The van der Waals surface area contributed by atoms with Gasteiger partial charge in [-0.05, 0) is 37.0 Å². The molecule has 0 saturated carbocycles. The van der Waals surface area contributed by atoms with Crippen molar-refractivity contribution in [2.75, 3.05) is 0 Å². The summed E-state index contributed by atoms with van der Waals surface area (Å²) in [6.45, 7) is 0. The van der Waals surface area contributed by atoms with E-state index in [4.69, 9.17) is 21.2 Å². The Bertz CT molecular complexity index is 583. The van der Waals surface area contributed by atoms with Crippen LogP contribution in [0.5, 0.6) is 0 Å². The van der Waals surface area contributed by atoms with Crippen LogP contribution < -0.4 is 5.73 Å². The third-order valence-electron chi connectivity index (χ3n) is 3.13. The predicted molar refractivity (Wildman–Crippen MR) is 70.8 cm³/mol. The molecule has 0 heterocycles. The Morgan fingerprint density at radius 2 is 1.95 bits per heavy atom. The van der Waals surface area contributed by atoms with Gasteiger partial charge in [0.15, 0.2) is 0 Å². The van der Waals surface area contributed by atoms with E-state index in [1.807, 2.05) is 0 Å². The Morgan fingerprint density at radius 3 is 2.43 bits per heavy atom. The molecule has 4 N–H and O–H groups in total. The molecule has 0 fully saturated rings. The van der Waals surface area contributed by atoms with Crippen LogP contribution in [-0.4, -0.2) is 28.2 Å². The highest BCUT2D eigenvalue weighted by Gasteiger charge is 2.21. The molecule has 0 saturated heterocycles. The van der Waals surface area contributed by atoms with E-state index in [1.165, 1.54) is 12.1 Å². The smallest absolute Gasteiger partial charge is 0.320 e. The third-order valence-corrected chi connectivity index (χ3v) is 3.13. The fourth-order valence-corrected chi connectivity index (χ4v) is 1.88. The highest BCUT2D eigenvalue weighted by Crippen LogP contribution is 2.18. The van der Waals surface area contributed by atoms with Crippen molar-refractivity contribution in [3.8, 4) is 6.07 Å². The molecular formula is C14H15FN2O4. The second-order valence-electron chi connectivity index (χ2n) is 4.69. The summed E-state index contributed by atoms with van der Waals surface area (Å²) in [4.78, 5) is 21.8. The number of carboxylic acid groups (broad SMARTS) is 2. The molecule has 1 rings (SSSR count). The van der Waals surface area contributed by atoms with E-state index in [0.717, 1.165) is 6.07 Å². The fraction of sp³-hybridized carbons (Fsp3) is 0.357. The molecular weight excluding hydrogens is 278 g/mol. The van der Waals surface area contributed by atoms with Gasteiger partial charge in [0.1, 0.15) is 17.9 Å². The van der Waals surface area contributed by atoms with E-state index in [2.05, 4.69) is 0 Å². The van der Waals surface area contributed by atoms with Crippen molar-refractivity contribution < 1.29 is 24.2 Å². The van der Waals surface area contributed by atoms with Gasteiger partial charge in [-0.3, -0.25) is 9.59 Å². The number of aliphatic carboxylic acids is 2. The highest BCUT2D eigenvalue weighted by atomic mass is 18.2. The molecule has 1 unspecified atom stereocenters. The van der Waals surface area contributed by atoms with Gasteiger partial charge in [0.05, 0.1) is 11.5 Å². The number of rotatable bonds is 7. The number of nitriles is 1. The van der Waals surface area contributed by atoms with Gasteiger partial charge in [-0.2, -0.15) is 5.26 Å². The zero-order valence-electron chi connectivity index (χ0n) is 11.1. The van der Waals surface area contributed by atoms with Crippen LogP contribution in [0, 0.1) is 23.1 Å². The first-order valence-electron chi connectivity index (χ1n) is 6.25. The fourth-order valence-electron chi connectivity index (χ4n) is 1.88. The molecule has 6 nitrogen and oxygen atoms in total. The summed E-state index contributed by atoms with van der Waals surface area (Å²) in [5, 5.41) is 26.4. The van der Waals surface area contributed by atoms with Crippen LogP contribution in [0.25, 0.3) is 0 Å². The molecule has 0 amide bonds. The van der Waals surface area contributed by atoms with Crippen LogP contribution in [-0.2, 0) is 16.0 Å². The molecule has 2 atom stereocenters. The predicted octanol–water partition coefficient (Wildman–Crippen LogP) is 1.13. The van der Waals surface area contributed by atoms with Gasteiger partial charge in [-0.25, -0.2) is 4.39 Å². The number of nitrogens with zero attached hydrogens (tertiary/aromatic N) is 1. The van der Waals surface area contributed by atoms with Crippen molar-refractivity contribution in [3.05, 3.63) is 35.1 Å². The SMILES string of the molecule is N#Cc1ccc(CC(CC[C@H](N)C(=O)O)C(=O)O)cc1[18F]. The van der Waals surface area contributed by atoms with Gasteiger partial charge in [0, 0.05) is 0 Å². The first-order valence-corrected chi connectivity index (χ1v) is 6.25. The summed E-state index contributed by atoms with van der Waals surface area (Å²) < 4.78 is 13.5. The topological polar surface area (TPSA) is 124 Å². The molecule has 0 aromatic heterocycles. The Balaban J connectivity index is 2.75. The van der Waals surface area contributed by atoms with Crippen molar-refractivity contribution in [3.63, 3.8) is 0 Å². The summed E-state index contributed by atoms with van der Waals surface area (Å²) in [5.74, 6) is -3.86. The normalized spacial score (nSPS) is 13.2. The molecule has 0 spiro atoms. The molecule has 112 valence electrons. The minimum Gasteiger partial charge on any atom is -0.481 e. The van der Waals surface area contributed by atoms with E-state index >= 15 is 0 Å². The average molecular weight is 293 g/mol. The average Bonchev–Trinajstić information content (AvgIpc) is 2.42. The van der Waals surface area contributed by atoms with E-state index < -0.39 is 29.7 Å². The molecule has 0 aliphatic rings. The summed E-state index contributed by atoms with van der Waals surface area (Å²) in [7, 11) is 0. The van der Waals surface area contributed by atoms with Crippen molar-refractivity contribution in [2.45, 2.75) is 25.3 Å². The summed E-state index contributed by atoms with van der Waals surface area (Å²) in [6, 6.07) is 4.44. The van der Waals surface area contributed by atoms with Crippen molar-refractivity contribution in [1.82, 2.24) is 0 Å². The molecule has 0 aliphatic carbocycles. The van der Waals surface area contributed by atoms with Gasteiger partial charge >= 0.3 is 11.9 Å². The van der Waals surface area contributed by atoms with Gasteiger partial charge in [0.2, 0.25) is 0 Å². The van der Waals surface area contributed by atoms with Crippen LogP contribution in [0.3, 0.4) is 0 Å². The van der Waals surface area contributed by atoms with Crippen LogP contribution in [0.4, 0.5) is 4.39 Å². The number of carboxylic acids is 2. The lowest BCUT2D eigenvalue weighted by atomic mass is 9.92. The summed E-state index contributed by atoms with van der Waals surface area (Å²) >= 11 is 0. The van der Waals surface area contributed by atoms with Crippen LogP contribution in [0.2, 0.25) is 0 Å². The number of nitrogens with two attached hydrogens (primary N) is 1. The maximum Gasteiger partial charge on any atom is 0.320 e. The van der Waals surface area contributed by atoms with Crippen molar-refractivity contribution in [2.24, 2.45) is 11.7 Å². The van der Waals surface area contributed by atoms with Crippen LogP contribution >= 0.6 is 0 Å². The Hall–Kier alpha value is -2.46. The van der Waals surface area contributed by atoms with Crippen molar-refractivity contribution >= 4 is 11.9 Å². The number of hydrogen-bond donors (Lipinski definition) is 3. The lowest BCUT2D eigenvalue weighted by molar-refractivity contribution is -0.143. The quantitative estimate of drug-likeness (QED) is 0.692. The largest absolute Gasteiger partial charge is 0.481 e. The molecule has 7 heteroatoms. The Labute approximate surface area is 120 Å². The van der Waals surface area contributed by atoms with Crippen molar-refractivity contribution in [1.29, 1.82) is 5.26 Å². The van der Waals surface area contributed by atoms with Gasteiger partial charge in [0.25, 0.3) is 0 Å². The lowest BCUT2D eigenvalue weighted by Crippen LogP contribution is -2.31. The third kappa shape index (κ3) is 4.85. The molecule has 0 aliphatic heterocycles.